The molecule has 0 fully saturated rings. The molecule has 94 valence electrons. The van der Waals surface area contributed by atoms with Gasteiger partial charge >= 0.3 is 0 Å². The lowest BCUT2D eigenvalue weighted by molar-refractivity contribution is 0.100. The molecule has 0 atom stereocenters. The van der Waals surface area contributed by atoms with Crippen molar-refractivity contribution in [1.29, 1.82) is 0 Å². The highest BCUT2D eigenvalue weighted by Crippen LogP contribution is 2.33. The number of primary amides is 1. The summed E-state index contributed by atoms with van der Waals surface area (Å²) in [6, 6.07) is 3.28. The summed E-state index contributed by atoms with van der Waals surface area (Å²) < 4.78 is 5.13. The van der Waals surface area contributed by atoms with Gasteiger partial charge in [-0.15, -0.1) is 11.3 Å². The number of ether oxygens (including phenoxy) is 1. The molecule has 0 radical (unpaired) electrons. The maximum atomic E-state index is 11.5. The van der Waals surface area contributed by atoms with Crippen molar-refractivity contribution in [2.24, 2.45) is 5.73 Å². The number of nitrogens with zero attached hydrogens (tertiary/aromatic N) is 1. The fourth-order valence-electron chi connectivity index (χ4n) is 1.76. The van der Waals surface area contributed by atoms with Crippen LogP contribution >= 0.6 is 11.3 Å². The molecule has 0 bridgehead atoms. The Bertz CT molecular complexity index is 567. The molecule has 0 saturated heterocycles. The van der Waals surface area contributed by atoms with E-state index in [1.807, 2.05) is 5.38 Å². The number of carbonyl (C=O) groups is 1. The highest BCUT2D eigenvalue weighted by molar-refractivity contribution is 7.13. The van der Waals surface area contributed by atoms with Crippen LogP contribution in [0.4, 0.5) is 5.69 Å². The fraction of sp³-hybridized carbons (Fsp3) is 0.167. The van der Waals surface area contributed by atoms with Gasteiger partial charge < -0.3 is 16.2 Å². The number of thiazole rings is 1. The Balaban J connectivity index is 2.71. The second-order valence-electron chi connectivity index (χ2n) is 3.69. The Labute approximate surface area is 108 Å². The highest BCUT2D eigenvalue weighted by atomic mass is 32.1. The van der Waals surface area contributed by atoms with Gasteiger partial charge in [-0.25, -0.2) is 4.98 Å². The molecule has 0 spiro atoms. The molecule has 5 nitrogen and oxygen atoms in total. The van der Waals surface area contributed by atoms with Crippen LogP contribution in [0.2, 0.25) is 0 Å². The largest absolute Gasteiger partial charge is 0.398 e. The number of methoxy groups -OCH3 is 1. The highest BCUT2D eigenvalue weighted by Gasteiger charge is 2.18. The SMILES string of the molecule is COCc1c(N)ccc(C(N)=O)c1-c1nccs1. The third-order valence-electron chi connectivity index (χ3n) is 2.55. The third kappa shape index (κ3) is 2.20. The maximum Gasteiger partial charge on any atom is 0.249 e. The van der Waals surface area contributed by atoms with E-state index in [0.717, 1.165) is 5.56 Å². The lowest BCUT2D eigenvalue weighted by Gasteiger charge is -2.13. The number of hydrogen-bond acceptors (Lipinski definition) is 5. The zero-order chi connectivity index (χ0) is 13.1. The molecule has 4 N–H and O–H groups in total. The Morgan fingerprint density at radius 3 is 2.83 bits per heavy atom. The van der Waals surface area contributed by atoms with Gasteiger partial charge in [0.2, 0.25) is 5.91 Å². The van der Waals surface area contributed by atoms with Crippen LogP contribution in [0.5, 0.6) is 0 Å². The molecule has 1 heterocycles. The Morgan fingerprint density at radius 2 is 2.28 bits per heavy atom. The molecule has 6 heteroatoms. The van der Waals surface area contributed by atoms with E-state index < -0.39 is 5.91 Å². The summed E-state index contributed by atoms with van der Waals surface area (Å²) in [6.45, 7) is 0.307. The van der Waals surface area contributed by atoms with Crippen molar-refractivity contribution < 1.29 is 9.53 Å². The predicted octanol–water partition coefficient (Wildman–Crippen LogP) is 1.64. The molecule has 0 saturated carbocycles. The van der Waals surface area contributed by atoms with Crippen molar-refractivity contribution in [1.82, 2.24) is 4.98 Å². The second-order valence-corrected chi connectivity index (χ2v) is 4.58. The summed E-state index contributed by atoms with van der Waals surface area (Å²) in [4.78, 5) is 15.7. The average molecular weight is 263 g/mol. The molecule has 1 amide bonds. The third-order valence-corrected chi connectivity index (χ3v) is 3.34. The fourth-order valence-corrected chi connectivity index (χ4v) is 2.48. The van der Waals surface area contributed by atoms with Gasteiger partial charge in [0.25, 0.3) is 0 Å². The van der Waals surface area contributed by atoms with Crippen molar-refractivity contribution in [2.75, 3.05) is 12.8 Å². The monoisotopic (exact) mass is 263 g/mol. The van der Waals surface area contributed by atoms with Gasteiger partial charge in [0.1, 0.15) is 5.01 Å². The number of nitrogens with two attached hydrogens (primary N) is 2. The average Bonchev–Trinajstić information content (AvgIpc) is 2.84. The first-order chi connectivity index (χ1) is 8.65. The minimum atomic E-state index is -0.502. The van der Waals surface area contributed by atoms with Crippen LogP contribution in [0.25, 0.3) is 10.6 Å². The van der Waals surface area contributed by atoms with Crippen LogP contribution in [0.3, 0.4) is 0 Å². The lowest BCUT2D eigenvalue weighted by atomic mass is 9.99. The van der Waals surface area contributed by atoms with Crippen molar-refractivity contribution in [3.05, 3.63) is 34.8 Å². The Kier molecular flexibility index (Phi) is 3.59. The summed E-state index contributed by atoms with van der Waals surface area (Å²) in [7, 11) is 1.57. The number of rotatable bonds is 4. The standard InChI is InChI=1S/C12H13N3O2S/c1-17-6-8-9(13)3-2-7(11(14)16)10(8)12-15-4-5-18-12/h2-5H,6,13H2,1H3,(H2,14,16). The van der Waals surface area contributed by atoms with E-state index in [4.69, 9.17) is 16.2 Å². The summed E-state index contributed by atoms with van der Waals surface area (Å²) in [5.74, 6) is -0.502. The molecular formula is C12H13N3O2S. The van der Waals surface area contributed by atoms with E-state index in [1.54, 1.807) is 25.4 Å². The quantitative estimate of drug-likeness (QED) is 0.820. The molecule has 0 aliphatic rings. The van der Waals surface area contributed by atoms with Crippen molar-refractivity contribution in [2.45, 2.75) is 6.61 Å². The van der Waals surface area contributed by atoms with E-state index in [1.165, 1.54) is 11.3 Å². The molecule has 1 aromatic heterocycles. The first-order valence-corrected chi connectivity index (χ1v) is 6.13. The van der Waals surface area contributed by atoms with E-state index >= 15 is 0 Å². The van der Waals surface area contributed by atoms with Gasteiger partial charge in [-0.2, -0.15) is 0 Å². The normalized spacial score (nSPS) is 10.5. The van der Waals surface area contributed by atoms with Gasteiger partial charge in [0, 0.05) is 41.1 Å². The van der Waals surface area contributed by atoms with Crippen LogP contribution in [0.1, 0.15) is 15.9 Å². The predicted molar refractivity (Wildman–Crippen MR) is 71.2 cm³/mol. The molecular weight excluding hydrogens is 250 g/mol. The molecule has 0 aliphatic heterocycles. The first-order valence-electron chi connectivity index (χ1n) is 5.25. The number of hydrogen-bond donors (Lipinski definition) is 2. The molecule has 2 aromatic rings. The molecule has 0 aliphatic carbocycles. The second kappa shape index (κ2) is 5.16. The molecule has 1 aromatic carbocycles. The number of anilines is 1. The van der Waals surface area contributed by atoms with Crippen molar-refractivity contribution >= 4 is 22.9 Å². The summed E-state index contributed by atoms with van der Waals surface area (Å²) in [5.41, 5.74) is 13.7. The van der Waals surface area contributed by atoms with Gasteiger partial charge in [0.05, 0.1) is 6.61 Å². The summed E-state index contributed by atoms with van der Waals surface area (Å²) >= 11 is 1.43. The van der Waals surface area contributed by atoms with E-state index in [0.29, 0.717) is 28.4 Å². The minimum Gasteiger partial charge on any atom is -0.398 e. The maximum absolute atomic E-state index is 11.5. The Morgan fingerprint density at radius 1 is 1.50 bits per heavy atom. The lowest BCUT2D eigenvalue weighted by Crippen LogP contribution is -2.14. The van der Waals surface area contributed by atoms with Gasteiger partial charge in [-0.05, 0) is 12.1 Å². The summed E-state index contributed by atoms with van der Waals surface area (Å²) in [6.07, 6.45) is 1.67. The van der Waals surface area contributed by atoms with Gasteiger partial charge in [-0.3, -0.25) is 4.79 Å². The van der Waals surface area contributed by atoms with E-state index in [2.05, 4.69) is 4.98 Å². The molecule has 18 heavy (non-hydrogen) atoms. The first kappa shape index (κ1) is 12.5. The topological polar surface area (TPSA) is 91.2 Å². The van der Waals surface area contributed by atoms with Crippen molar-refractivity contribution in [3.63, 3.8) is 0 Å². The number of carbonyl (C=O) groups excluding carboxylic acids is 1. The van der Waals surface area contributed by atoms with E-state index in [-0.39, 0.29) is 0 Å². The van der Waals surface area contributed by atoms with Crippen LogP contribution in [-0.4, -0.2) is 18.0 Å². The molecule has 0 unspecified atom stereocenters. The van der Waals surface area contributed by atoms with Crippen LogP contribution in [-0.2, 0) is 11.3 Å². The molecule has 2 rings (SSSR count). The van der Waals surface area contributed by atoms with Crippen LogP contribution < -0.4 is 11.5 Å². The summed E-state index contributed by atoms with van der Waals surface area (Å²) in [5, 5.41) is 2.54. The van der Waals surface area contributed by atoms with E-state index in [9.17, 15) is 4.79 Å². The number of amides is 1. The van der Waals surface area contributed by atoms with Crippen LogP contribution in [0, 0.1) is 0 Å². The van der Waals surface area contributed by atoms with Gasteiger partial charge in [-0.1, -0.05) is 0 Å². The number of aromatic nitrogens is 1. The van der Waals surface area contributed by atoms with Gasteiger partial charge in [0.15, 0.2) is 0 Å². The number of nitrogen functional groups attached to an aromatic ring is 1. The van der Waals surface area contributed by atoms with Crippen molar-refractivity contribution in [3.8, 4) is 10.6 Å². The minimum absolute atomic E-state index is 0.307. The number of benzene rings is 1. The Hall–Kier alpha value is -1.92. The smallest absolute Gasteiger partial charge is 0.249 e. The zero-order valence-electron chi connectivity index (χ0n) is 9.84. The zero-order valence-corrected chi connectivity index (χ0v) is 10.7. The van der Waals surface area contributed by atoms with Crippen LogP contribution in [0.15, 0.2) is 23.7 Å².